The van der Waals surface area contributed by atoms with Crippen LogP contribution < -0.4 is 16.6 Å². The van der Waals surface area contributed by atoms with E-state index < -0.39 is 0 Å². The average molecular weight is 211 g/mol. The third-order valence-electron chi connectivity index (χ3n) is 1.87. The summed E-state index contributed by atoms with van der Waals surface area (Å²) in [6, 6.07) is 1.89. The highest BCUT2D eigenvalue weighted by atomic mass is 16.3. The molecule has 0 aliphatic carbocycles. The number of hydrazine groups is 1. The van der Waals surface area contributed by atoms with Crippen LogP contribution in [0.4, 0.5) is 11.8 Å². The Morgan fingerprint density at radius 3 is 2.87 bits per heavy atom. The van der Waals surface area contributed by atoms with Crippen molar-refractivity contribution in [1.82, 2.24) is 9.97 Å². The molecule has 2 atom stereocenters. The molecule has 0 spiro atoms. The van der Waals surface area contributed by atoms with Crippen LogP contribution in [-0.4, -0.2) is 27.2 Å². The summed E-state index contributed by atoms with van der Waals surface area (Å²) in [7, 11) is 0. The molecule has 1 heterocycles. The molecule has 1 aromatic rings. The smallest absolute Gasteiger partial charge is 0.239 e. The standard InChI is InChI=1S/C9H17N5O/c1-6(5-7(2)15)12-8-3-4-11-9(13-8)14-10/h3-4,6-7,15H,5,10H2,1-2H3,(H2,11,12,13,14). The summed E-state index contributed by atoms with van der Waals surface area (Å²) in [5.74, 6) is 6.24. The van der Waals surface area contributed by atoms with Crippen LogP contribution in [0.1, 0.15) is 20.3 Å². The molecule has 0 amide bonds. The predicted octanol–water partition coefficient (Wildman–Crippen LogP) is 0.333. The first kappa shape index (κ1) is 11.7. The van der Waals surface area contributed by atoms with E-state index >= 15 is 0 Å². The molecule has 0 aliphatic heterocycles. The molecule has 0 aromatic carbocycles. The molecule has 0 saturated carbocycles. The number of aliphatic hydroxyl groups is 1. The third kappa shape index (κ3) is 4.09. The van der Waals surface area contributed by atoms with Gasteiger partial charge in [-0.25, -0.2) is 10.8 Å². The van der Waals surface area contributed by atoms with E-state index in [1.54, 1.807) is 19.2 Å². The Kier molecular flexibility index (Phi) is 4.26. The number of nitrogen functional groups attached to an aromatic ring is 1. The maximum absolute atomic E-state index is 9.20. The maximum Gasteiger partial charge on any atom is 0.239 e. The molecule has 1 aromatic heterocycles. The van der Waals surface area contributed by atoms with E-state index in [9.17, 15) is 5.11 Å². The van der Waals surface area contributed by atoms with Gasteiger partial charge < -0.3 is 10.4 Å². The molecular formula is C9H17N5O. The lowest BCUT2D eigenvalue weighted by molar-refractivity contribution is 0.179. The highest BCUT2D eigenvalue weighted by molar-refractivity contribution is 5.39. The Balaban J connectivity index is 2.55. The zero-order chi connectivity index (χ0) is 11.3. The second kappa shape index (κ2) is 5.47. The van der Waals surface area contributed by atoms with Crippen molar-refractivity contribution in [3.63, 3.8) is 0 Å². The number of nitrogens with zero attached hydrogens (tertiary/aromatic N) is 2. The molecule has 1 rings (SSSR count). The zero-order valence-electron chi connectivity index (χ0n) is 8.94. The molecule has 0 saturated heterocycles. The Morgan fingerprint density at radius 2 is 2.27 bits per heavy atom. The molecule has 0 bridgehead atoms. The first-order valence-electron chi connectivity index (χ1n) is 4.86. The van der Waals surface area contributed by atoms with Gasteiger partial charge in [0.2, 0.25) is 5.95 Å². The van der Waals surface area contributed by atoms with Crippen molar-refractivity contribution in [2.75, 3.05) is 10.7 Å². The van der Waals surface area contributed by atoms with Gasteiger partial charge in [0.25, 0.3) is 0 Å². The number of aliphatic hydroxyl groups excluding tert-OH is 1. The summed E-state index contributed by atoms with van der Waals surface area (Å²) in [6.07, 6.45) is 1.94. The topological polar surface area (TPSA) is 96.1 Å². The van der Waals surface area contributed by atoms with Crippen LogP contribution in [-0.2, 0) is 0 Å². The van der Waals surface area contributed by atoms with Crippen molar-refractivity contribution in [3.8, 4) is 0 Å². The number of hydrogen-bond acceptors (Lipinski definition) is 6. The lowest BCUT2D eigenvalue weighted by Gasteiger charge is -2.15. The third-order valence-corrected chi connectivity index (χ3v) is 1.87. The van der Waals surface area contributed by atoms with Gasteiger partial charge in [-0.15, -0.1) is 0 Å². The number of nitrogens with two attached hydrogens (primary N) is 1. The highest BCUT2D eigenvalue weighted by Crippen LogP contribution is 2.08. The van der Waals surface area contributed by atoms with Gasteiger partial charge >= 0.3 is 0 Å². The van der Waals surface area contributed by atoms with Crippen molar-refractivity contribution >= 4 is 11.8 Å². The largest absolute Gasteiger partial charge is 0.393 e. The van der Waals surface area contributed by atoms with Crippen LogP contribution in [0.25, 0.3) is 0 Å². The Hall–Kier alpha value is -1.40. The maximum atomic E-state index is 9.20. The first-order chi connectivity index (χ1) is 7.11. The SMILES string of the molecule is CC(O)CC(C)Nc1ccnc(NN)n1. The summed E-state index contributed by atoms with van der Waals surface area (Å²) in [5.41, 5.74) is 2.37. The van der Waals surface area contributed by atoms with Gasteiger partial charge in [0.1, 0.15) is 5.82 Å². The van der Waals surface area contributed by atoms with Crippen LogP contribution in [0.2, 0.25) is 0 Å². The monoisotopic (exact) mass is 211 g/mol. The van der Waals surface area contributed by atoms with E-state index in [1.807, 2.05) is 6.92 Å². The van der Waals surface area contributed by atoms with E-state index in [0.717, 1.165) is 0 Å². The van der Waals surface area contributed by atoms with Crippen LogP contribution >= 0.6 is 0 Å². The quantitative estimate of drug-likeness (QED) is 0.414. The van der Waals surface area contributed by atoms with Crippen molar-refractivity contribution in [1.29, 1.82) is 0 Å². The summed E-state index contributed by atoms with van der Waals surface area (Å²) in [5, 5.41) is 12.3. The normalized spacial score (nSPS) is 14.4. The van der Waals surface area contributed by atoms with Gasteiger partial charge in [-0.2, -0.15) is 4.98 Å². The number of aromatic nitrogens is 2. The van der Waals surface area contributed by atoms with Crippen LogP contribution in [0, 0.1) is 0 Å². The Bertz CT molecular complexity index is 304. The zero-order valence-corrected chi connectivity index (χ0v) is 8.94. The molecule has 0 radical (unpaired) electrons. The average Bonchev–Trinajstić information content (AvgIpc) is 2.16. The van der Waals surface area contributed by atoms with E-state index in [0.29, 0.717) is 18.2 Å². The molecule has 84 valence electrons. The van der Waals surface area contributed by atoms with Gasteiger partial charge in [0.05, 0.1) is 6.10 Å². The second-order valence-corrected chi connectivity index (χ2v) is 3.54. The highest BCUT2D eigenvalue weighted by Gasteiger charge is 2.06. The van der Waals surface area contributed by atoms with E-state index in [4.69, 9.17) is 5.84 Å². The van der Waals surface area contributed by atoms with E-state index in [1.165, 1.54) is 0 Å². The predicted molar refractivity (Wildman–Crippen MR) is 59.2 cm³/mol. The molecule has 2 unspecified atom stereocenters. The minimum atomic E-state index is -0.332. The van der Waals surface area contributed by atoms with Gasteiger partial charge in [-0.1, -0.05) is 0 Å². The Labute approximate surface area is 88.9 Å². The number of rotatable bonds is 5. The fraction of sp³-hybridized carbons (Fsp3) is 0.556. The van der Waals surface area contributed by atoms with Gasteiger partial charge in [-0.05, 0) is 26.3 Å². The number of hydrogen-bond donors (Lipinski definition) is 4. The summed E-state index contributed by atoms with van der Waals surface area (Å²) in [6.45, 7) is 3.73. The van der Waals surface area contributed by atoms with Crippen LogP contribution in [0.3, 0.4) is 0 Å². The fourth-order valence-corrected chi connectivity index (χ4v) is 1.33. The minimum Gasteiger partial charge on any atom is -0.393 e. The van der Waals surface area contributed by atoms with Crippen molar-refractivity contribution < 1.29 is 5.11 Å². The molecule has 15 heavy (non-hydrogen) atoms. The number of anilines is 2. The fourth-order valence-electron chi connectivity index (χ4n) is 1.33. The number of nitrogens with one attached hydrogen (secondary N) is 2. The molecular weight excluding hydrogens is 194 g/mol. The lowest BCUT2D eigenvalue weighted by atomic mass is 10.1. The summed E-state index contributed by atoms with van der Waals surface area (Å²) in [4.78, 5) is 7.99. The second-order valence-electron chi connectivity index (χ2n) is 3.54. The van der Waals surface area contributed by atoms with Crippen molar-refractivity contribution in [2.45, 2.75) is 32.4 Å². The molecule has 6 heteroatoms. The minimum absolute atomic E-state index is 0.144. The van der Waals surface area contributed by atoms with E-state index in [2.05, 4.69) is 20.7 Å². The van der Waals surface area contributed by atoms with Crippen LogP contribution in [0.5, 0.6) is 0 Å². The van der Waals surface area contributed by atoms with Crippen molar-refractivity contribution in [2.24, 2.45) is 5.84 Å². The summed E-state index contributed by atoms with van der Waals surface area (Å²) < 4.78 is 0. The van der Waals surface area contributed by atoms with Gasteiger partial charge in [0, 0.05) is 12.2 Å². The van der Waals surface area contributed by atoms with Gasteiger partial charge in [0.15, 0.2) is 0 Å². The molecule has 0 fully saturated rings. The Morgan fingerprint density at radius 1 is 1.53 bits per heavy atom. The van der Waals surface area contributed by atoms with Crippen molar-refractivity contribution in [3.05, 3.63) is 12.3 Å². The first-order valence-corrected chi connectivity index (χ1v) is 4.86. The molecule has 0 aliphatic rings. The van der Waals surface area contributed by atoms with Crippen LogP contribution in [0.15, 0.2) is 12.3 Å². The lowest BCUT2D eigenvalue weighted by Crippen LogP contribution is -2.21. The van der Waals surface area contributed by atoms with E-state index in [-0.39, 0.29) is 12.1 Å². The summed E-state index contributed by atoms with van der Waals surface area (Å²) >= 11 is 0. The van der Waals surface area contributed by atoms with Gasteiger partial charge in [-0.3, -0.25) is 5.43 Å². The molecule has 5 N–H and O–H groups in total. The molecule has 6 nitrogen and oxygen atoms in total.